The van der Waals surface area contributed by atoms with Gasteiger partial charge < -0.3 is 4.74 Å². The highest BCUT2D eigenvalue weighted by Crippen LogP contribution is 2.16. The van der Waals surface area contributed by atoms with E-state index >= 15 is 0 Å². The summed E-state index contributed by atoms with van der Waals surface area (Å²) in [5.74, 6) is 0.887. The van der Waals surface area contributed by atoms with E-state index in [2.05, 4.69) is 15.5 Å². The van der Waals surface area contributed by atoms with Gasteiger partial charge in [-0.05, 0) is 37.5 Å². The van der Waals surface area contributed by atoms with Crippen LogP contribution in [-0.2, 0) is 19.6 Å². The molecule has 0 radical (unpaired) electrons. The summed E-state index contributed by atoms with van der Waals surface area (Å²) in [5, 5.41) is 7.37. The summed E-state index contributed by atoms with van der Waals surface area (Å²) in [5.41, 5.74) is 1.16. The number of benzene rings is 1. The van der Waals surface area contributed by atoms with Crippen LogP contribution in [0.15, 0.2) is 54.2 Å². The van der Waals surface area contributed by atoms with Crippen molar-refractivity contribution >= 4 is 11.3 Å². The molecule has 114 valence electrons. The van der Waals surface area contributed by atoms with Gasteiger partial charge in [0.2, 0.25) is 0 Å². The van der Waals surface area contributed by atoms with E-state index in [1.165, 1.54) is 0 Å². The van der Waals surface area contributed by atoms with E-state index in [-0.39, 0.29) is 0 Å². The lowest BCUT2D eigenvalue weighted by Gasteiger charge is -2.02. The van der Waals surface area contributed by atoms with Gasteiger partial charge in [-0.3, -0.25) is 4.68 Å². The molecule has 0 amide bonds. The van der Waals surface area contributed by atoms with E-state index < -0.39 is 0 Å². The van der Waals surface area contributed by atoms with Crippen molar-refractivity contribution in [1.82, 2.24) is 14.8 Å². The SMILES string of the molecule is c1ccc(OCc2nc(CCCCn3cccn3)cs2)cc1. The highest BCUT2D eigenvalue weighted by Gasteiger charge is 2.03. The van der Waals surface area contributed by atoms with Crippen molar-refractivity contribution in [3.63, 3.8) is 0 Å². The lowest BCUT2D eigenvalue weighted by atomic mass is 10.2. The third-order valence-corrected chi connectivity index (χ3v) is 4.21. The molecule has 0 aliphatic heterocycles. The molecule has 2 heterocycles. The van der Waals surface area contributed by atoms with Gasteiger partial charge >= 0.3 is 0 Å². The molecule has 5 heteroatoms. The number of nitrogens with zero attached hydrogens (tertiary/aromatic N) is 3. The van der Waals surface area contributed by atoms with Crippen LogP contribution in [0.1, 0.15) is 23.5 Å². The predicted octanol–water partition coefficient (Wildman–Crippen LogP) is 3.94. The summed E-state index contributed by atoms with van der Waals surface area (Å²) in [6, 6.07) is 11.8. The summed E-state index contributed by atoms with van der Waals surface area (Å²) in [7, 11) is 0. The van der Waals surface area contributed by atoms with Gasteiger partial charge in [-0.1, -0.05) is 18.2 Å². The maximum absolute atomic E-state index is 5.72. The summed E-state index contributed by atoms with van der Waals surface area (Å²) < 4.78 is 7.69. The first kappa shape index (κ1) is 14.8. The van der Waals surface area contributed by atoms with E-state index in [9.17, 15) is 0 Å². The Hall–Kier alpha value is -2.14. The number of unbranched alkanes of at least 4 members (excludes halogenated alkanes) is 1. The van der Waals surface area contributed by atoms with Crippen LogP contribution in [0.25, 0.3) is 0 Å². The number of para-hydroxylation sites is 1. The third kappa shape index (κ3) is 4.43. The number of hydrogen-bond donors (Lipinski definition) is 0. The summed E-state index contributed by atoms with van der Waals surface area (Å²) in [6.07, 6.45) is 7.09. The largest absolute Gasteiger partial charge is 0.486 e. The summed E-state index contributed by atoms with van der Waals surface area (Å²) in [6.45, 7) is 1.52. The maximum atomic E-state index is 5.72. The maximum Gasteiger partial charge on any atom is 0.140 e. The molecule has 0 unspecified atom stereocenters. The van der Waals surface area contributed by atoms with Crippen LogP contribution < -0.4 is 4.74 Å². The molecule has 0 bridgehead atoms. The van der Waals surface area contributed by atoms with Crippen LogP contribution in [0.3, 0.4) is 0 Å². The lowest BCUT2D eigenvalue weighted by molar-refractivity contribution is 0.305. The van der Waals surface area contributed by atoms with Gasteiger partial charge in [0.15, 0.2) is 0 Å². The molecule has 0 aliphatic rings. The molecule has 0 fully saturated rings. The first-order valence-electron chi connectivity index (χ1n) is 7.49. The number of aryl methyl sites for hydroxylation is 2. The second kappa shape index (κ2) is 7.75. The van der Waals surface area contributed by atoms with E-state index in [4.69, 9.17) is 4.74 Å². The fraction of sp³-hybridized carbons (Fsp3) is 0.294. The molecule has 0 atom stereocenters. The van der Waals surface area contributed by atoms with Crippen molar-refractivity contribution in [3.8, 4) is 5.75 Å². The number of ether oxygens (including phenoxy) is 1. The molecule has 0 N–H and O–H groups in total. The number of rotatable bonds is 8. The van der Waals surface area contributed by atoms with Crippen molar-refractivity contribution in [2.75, 3.05) is 0 Å². The van der Waals surface area contributed by atoms with Crippen molar-refractivity contribution in [2.24, 2.45) is 0 Å². The Bertz CT molecular complexity index is 664. The molecule has 4 nitrogen and oxygen atoms in total. The second-order valence-corrected chi connectivity index (χ2v) is 6.00. The molecule has 2 aromatic heterocycles. The molecule has 0 saturated carbocycles. The van der Waals surface area contributed by atoms with Crippen molar-refractivity contribution in [2.45, 2.75) is 32.4 Å². The monoisotopic (exact) mass is 313 g/mol. The topological polar surface area (TPSA) is 39.9 Å². The summed E-state index contributed by atoms with van der Waals surface area (Å²) >= 11 is 1.67. The minimum absolute atomic E-state index is 0.544. The molecule has 0 saturated heterocycles. The number of hydrogen-bond acceptors (Lipinski definition) is 4. The van der Waals surface area contributed by atoms with Gasteiger partial charge in [-0.25, -0.2) is 4.98 Å². The average Bonchev–Trinajstić information content (AvgIpc) is 3.22. The zero-order valence-corrected chi connectivity index (χ0v) is 13.2. The van der Waals surface area contributed by atoms with Gasteiger partial charge in [0.05, 0.1) is 5.69 Å². The predicted molar refractivity (Wildman–Crippen MR) is 88.1 cm³/mol. The first-order chi connectivity index (χ1) is 10.9. The Morgan fingerprint density at radius 2 is 2.00 bits per heavy atom. The molecular formula is C17H19N3OS. The molecular weight excluding hydrogens is 294 g/mol. The smallest absolute Gasteiger partial charge is 0.140 e. The molecule has 0 aliphatic carbocycles. The number of thiazole rings is 1. The summed E-state index contributed by atoms with van der Waals surface area (Å²) in [4.78, 5) is 4.63. The zero-order valence-electron chi connectivity index (χ0n) is 12.4. The van der Waals surface area contributed by atoms with Gasteiger partial charge in [0.1, 0.15) is 17.4 Å². The van der Waals surface area contributed by atoms with Gasteiger partial charge in [0.25, 0.3) is 0 Å². The Labute approximate surface area is 134 Å². The quantitative estimate of drug-likeness (QED) is 0.591. The highest BCUT2D eigenvalue weighted by molar-refractivity contribution is 7.09. The first-order valence-corrected chi connectivity index (χ1v) is 8.37. The minimum Gasteiger partial charge on any atom is -0.486 e. The lowest BCUT2D eigenvalue weighted by Crippen LogP contribution is -1.99. The normalized spacial score (nSPS) is 10.7. The van der Waals surface area contributed by atoms with Crippen molar-refractivity contribution in [3.05, 3.63) is 64.9 Å². The third-order valence-electron chi connectivity index (χ3n) is 3.33. The molecule has 1 aromatic carbocycles. The van der Waals surface area contributed by atoms with Crippen molar-refractivity contribution in [1.29, 1.82) is 0 Å². The van der Waals surface area contributed by atoms with Crippen LogP contribution >= 0.6 is 11.3 Å². The fourth-order valence-corrected chi connectivity index (χ4v) is 2.94. The molecule has 22 heavy (non-hydrogen) atoms. The Morgan fingerprint density at radius 1 is 1.09 bits per heavy atom. The molecule has 3 aromatic rings. The van der Waals surface area contributed by atoms with Crippen LogP contribution in [-0.4, -0.2) is 14.8 Å². The van der Waals surface area contributed by atoms with Gasteiger partial charge in [0, 0.05) is 24.3 Å². The second-order valence-electron chi connectivity index (χ2n) is 5.06. The Kier molecular flexibility index (Phi) is 5.21. The average molecular weight is 313 g/mol. The van der Waals surface area contributed by atoms with E-state index in [0.717, 1.165) is 42.3 Å². The molecule has 3 rings (SSSR count). The zero-order chi connectivity index (χ0) is 15.0. The molecule has 0 spiro atoms. The van der Waals surface area contributed by atoms with E-state index in [1.54, 1.807) is 11.3 Å². The van der Waals surface area contributed by atoms with E-state index in [0.29, 0.717) is 6.61 Å². The van der Waals surface area contributed by atoms with Crippen LogP contribution in [0.4, 0.5) is 0 Å². The number of aromatic nitrogens is 3. The van der Waals surface area contributed by atoms with Crippen LogP contribution in [0.2, 0.25) is 0 Å². The van der Waals surface area contributed by atoms with Gasteiger partial charge in [-0.2, -0.15) is 5.10 Å². The van der Waals surface area contributed by atoms with E-state index in [1.807, 2.05) is 53.5 Å². The van der Waals surface area contributed by atoms with Crippen LogP contribution in [0, 0.1) is 0 Å². The Balaban J connectivity index is 1.39. The fourth-order valence-electron chi connectivity index (χ4n) is 2.20. The van der Waals surface area contributed by atoms with Gasteiger partial charge in [-0.15, -0.1) is 11.3 Å². The highest BCUT2D eigenvalue weighted by atomic mass is 32.1. The van der Waals surface area contributed by atoms with Crippen molar-refractivity contribution < 1.29 is 4.74 Å². The van der Waals surface area contributed by atoms with Crippen LogP contribution in [0.5, 0.6) is 5.75 Å². The minimum atomic E-state index is 0.544. The Morgan fingerprint density at radius 3 is 2.82 bits per heavy atom. The standard InChI is InChI=1S/C17H19N3OS/c1-2-8-16(9-3-1)21-13-17-19-15(14-22-17)7-4-5-11-20-12-6-10-18-20/h1-3,6,8-10,12,14H,4-5,7,11,13H2.